The smallest absolute Gasteiger partial charge is 0.101 e. The van der Waals surface area contributed by atoms with Crippen LogP contribution in [-0.4, -0.2) is 19.3 Å². The number of hydrogen-bond acceptors (Lipinski definition) is 3. The van der Waals surface area contributed by atoms with E-state index in [-0.39, 0.29) is 6.10 Å². The van der Waals surface area contributed by atoms with Gasteiger partial charge in [0, 0.05) is 13.2 Å². The van der Waals surface area contributed by atoms with Gasteiger partial charge in [-0.25, -0.2) is 0 Å². The number of rotatable bonds is 3. The number of anilines is 1. The lowest BCUT2D eigenvalue weighted by atomic mass is 10.1. The topological polar surface area (TPSA) is 45.0 Å². The first-order chi connectivity index (χ1) is 8.29. The molecule has 90 valence electrons. The van der Waals surface area contributed by atoms with Crippen LogP contribution in [0.25, 0.3) is 0 Å². The van der Waals surface area contributed by atoms with Crippen LogP contribution in [0, 0.1) is 18.3 Å². The molecule has 0 saturated carbocycles. The monoisotopic (exact) mass is 230 g/mol. The molecular weight excluding hydrogens is 212 g/mol. The van der Waals surface area contributed by atoms with Crippen molar-refractivity contribution in [3.05, 3.63) is 29.3 Å². The highest BCUT2D eigenvalue weighted by atomic mass is 16.5. The predicted molar refractivity (Wildman–Crippen MR) is 68.0 cm³/mol. The van der Waals surface area contributed by atoms with Crippen molar-refractivity contribution >= 4 is 5.69 Å². The molecule has 0 radical (unpaired) electrons. The molecule has 1 saturated heterocycles. The van der Waals surface area contributed by atoms with Crippen molar-refractivity contribution in [1.82, 2.24) is 0 Å². The second-order valence-corrected chi connectivity index (χ2v) is 4.53. The van der Waals surface area contributed by atoms with E-state index in [4.69, 9.17) is 10.00 Å². The summed E-state index contributed by atoms with van der Waals surface area (Å²) >= 11 is 0. The van der Waals surface area contributed by atoms with Crippen molar-refractivity contribution in [1.29, 1.82) is 5.26 Å². The van der Waals surface area contributed by atoms with Gasteiger partial charge in [0.05, 0.1) is 17.4 Å². The molecule has 1 aliphatic heterocycles. The summed E-state index contributed by atoms with van der Waals surface area (Å²) < 4.78 is 5.66. The van der Waals surface area contributed by atoms with Gasteiger partial charge in [-0.2, -0.15) is 5.26 Å². The van der Waals surface area contributed by atoms with Crippen LogP contribution >= 0.6 is 0 Å². The highest BCUT2D eigenvalue weighted by Crippen LogP contribution is 2.18. The lowest BCUT2D eigenvalue weighted by molar-refractivity contribution is 0.0247. The van der Waals surface area contributed by atoms with E-state index in [1.165, 1.54) is 12.8 Å². The molecule has 2 rings (SSSR count). The van der Waals surface area contributed by atoms with Gasteiger partial charge < -0.3 is 10.1 Å². The van der Waals surface area contributed by atoms with Crippen LogP contribution in [0.4, 0.5) is 5.69 Å². The summed E-state index contributed by atoms with van der Waals surface area (Å²) in [5.74, 6) is 0. The molecular formula is C14H18N2O. The summed E-state index contributed by atoms with van der Waals surface area (Å²) in [4.78, 5) is 0. The van der Waals surface area contributed by atoms with Gasteiger partial charge in [0.2, 0.25) is 0 Å². The van der Waals surface area contributed by atoms with E-state index < -0.39 is 0 Å². The summed E-state index contributed by atoms with van der Waals surface area (Å²) in [6, 6.07) is 8.04. The third-order valence-corrected chi connectivity index (χ3v) is 3.09. The zero-order valence-corrected chi connectivity index (χ0v) is 10.2. The van der Waals surface area contributed by atoms with Gasteiger partial charge >= 0.3 is 0 Å². The van der Waals surface area contributed by atoms with Gasteiger partial charge in [0.15, 0.2) is 0 Å². The van der Waals surface area contributed by atoms with Crippen molar-refractivity contribution in [2.24, 2.45) is 0 Å². The van der Waals surface area contributed by atoms with Gasteiger partial charge in [-0.05, 0) is 43.9 Å². The standard InChI is InChI=1S/C14H18N2O/c1-11-5-6-12(9-15)14(8-11)16-10-13-4-2-3-7-17-13/h5-6,8,13,16H,2-4,7,10H2,1H3. The first-order valence-corrected chi connectivity index (χ1v) is 6.16. The Labute approximate surface area is 102 Å². The van der Waals surface area contributed by atoms with Crippen molar-refractivity contribution in [2.75, 3.05) is 18.5 Å². The average molecular weight is 230 g/mol. The first kappa shape index (κ1) is 11.9. The fourth-order valence-corrected chi connectivity index (χ4v) is 2.09. The first-order valence-electron chi connectivity index (χ1n) is 6.16. The minimum atomic E-state index is 0.288. The maximum Gasteiger partial charge on any atom is 0.101 e. The maximum absolute atomic E-state index is 9.03. The molecule has 3 nitrogen and oxygen atoms in total. The number of benzene rings is 1. The molecule has 1 aliphatic rings. The molecule has 1 fully saturated rings. The molecule has 0 spiro atoms. The summed E-state index contributed by atoms with van der Waals surface area (Å²) in [7, 11) is 0. The Balaban J connectivity index is 1.98. The molecule has 3 heteroatoms. The zero-order valence-electron chi connectivity index (χ0n) is 10.2. The fourth-order valence-electron chi connectivity index (χ4n) is 2.09. The van der Waals surface area contributed by atoms with E-state index in [2.05, 4.69) is 11.4 Å². The van der Waals surface area contributed by atoms with Gasteiger partial charge in [0.1, 0.15) is 6.07 Å². The highest BCUT2D eigenvalue weighted by molar-refractivity contribution is 5.58. The van der Waals surface area contributed by atoms with Gasteiger partial charge in [-0.3, -0.25) is 0 Å². The largest absolute Gasteiger partial charge is 0.381 e. The molecule has 0 aromatic heterocycles. The van der Waals surface area contributed by atoms with E-state index in [1.807, 2.05) is 25.1 Å². The number of nitrogens with one attached hydrogen (secondary N) is 1. The molecule has 1 atom stereocenters. The molecule has 1 N–H and O–H groups in total. The van der Waals surface area contributed by atoms with E-state index in [0.29, 0.717) is 5.56 Å². The van der Waals surface area contributed by atoms with E-state index in [1.54, 1.807) is 0 Å². The molecule has 1 unspecified atom stereocenters. The molecule has 0 amide bonds. The number of ether oxygens (including phenoxy) is 1. The average Bonchev–Trinajstić information content (AvgIpc) is 2.38. The number of hydrogen-bond donors (Lipinski definition) is 1. The lowest BCUT2D eigenvalue weighted by Gasteiger charge is -2.23. The van der Waals surface area contributed by atoms with Crippen molar-refractivity contribution < 1.29 is 4.74 Å². The minimum Gasteiger partial charge on any atom is -0.381 e. The molecule has 1 aromatic carbocycles. The Bertz CT molecular complexity index is 417. The Morgan fingerprint density at radius 2 is 2.35 bits per heavy atom. The lowest BCUT2D eigenvalue weighted by Crippen LogP contribution is -2.27. The van der Waals surface area contributed by atoms with Crippen molar-refractivity contribution in [2.45, 2.75) is 32.3 Å². The van der Waals surface area contributed by atoms with Crippen LogP contribution in [0.15, 0.2) is 18.2 Å². The molecule has 1 aromatic rings. The zero-order chi connectivity index (χ0) is 12.1. The van der Waals surface area contributed by atoms with E-state index >= 15 is 0 Å². The number of nitriles is 1. The second kappa shape index (κ2) is 5.70. The molecule has 0 aliphatic carbocycles. The van der Waals surface area contributed by atoms with E-state index in [0.717, 1.165) is 30.8 Å². The van der Waals surface area contributed by atoms with Crippen LogP contribution in [0.3, 0.4) is 0 Å². The molecule has 0 bridgehead atoms. The summed E-state index contributed by atoms with van der Waals surface area (Å²) in [6.45, 7) is 3.69. The summed E-state index contributed by atoms with van der Waals surface area (Å²) in [6.07, 6.45) is 3.81. The quantitative estimate of drug-likeness (QED) is 0.868. The molecule has 1 heterocycles. The van der Waals surface area contributed by atoms with Gasteiger partial charge in [0.25, 0.3) is 0 Å². The van der Waals surface area contributed by atoms with Gasteiger partial charge in [-0.15, -0.1) is 0 Å². The van der Waals surface area contributed by atoms with Crippen molar-refractivity contribution in [3.8, 4) is 6.07 Å². The van der Waals surface area contributed by atoms with Crippen LogP contribution in [-0.2, 0) is 4.74 Å². The number of nitrogens with zero attached hydrogens (tertiary/aromatic N) is 1. The highest BCUT2D eigenvalue weighted by Gasteiger charge is 2.13. The second-order valence-electron chi connectivity index (χ2n) is 4.53. The van der Waals surface area contributed by atoms with Crippen LogP contribution in [0.5, 0.6) is 0 Å². The SMILES string of the molecule is Cc1ccc(C#N)c(NCC2CCCCO2)c1. The fraction of sp³-hybridized carbons (Fsp3) is 0.500. The normalized spacial score (nSPS) is 19.6. The minimum absolute atomic E-state index is 0.288. The van der Waals surface area contributed by atoms with Crippen molar-refractivity contribution in [3.63, 3.8) is 0 Å². The summed E-state index contributed by atoms with van der Waals surface area (Å²) in [5, 5.41) is 12.4. The Hall–Kier alpha value is -1.53. The maximum atomic E-state index is 9.03. The van der Waals surface area contributed by atoms with Crippen LogP contribution in [0.1, 0.15) is 30.4 Å². The molecule has 17 heavy (non-hydrogen) atoms. The van der Waals surface area contributed by atoms with Gasteiger partial charge in [-0.1, -0.05) is 6.07 Å². The predicted octanol–water partition coefficient (Wildman–Crippen LogP) is 2.85. The Morgan fingerprint density at radius 1 is 1.47 bits per heavy atom. The Kier molecular flexibility index (Phi) is 4.00. The van der Waals surface area contributed by atoms with Crippen LogP contribution < -0.4 is 5.32 Å². The van der Waals surface area contributed by atoms with E-state index in [9.17, 15) is 0 Å². The summed E-state index contributed by atoms with van der Waals surface area (Å²) in [5.41, 5.74) is 2.78. The number of aryl methyl sites for hydroxylation is 1. The third kappa shape index (κ3) is 3.21. The Morgan fingerprint density at radius 3 is 3.06 bits per heavy atom. The third-order valence-electron chi connectivity index (χ3n) is 3.09. The van der Waals surface area contributed by atoms with Crippen LogP contribution in [0.2, 0.25) is 0 Å².